The van der Waals surface area contributed by atoms with Crippen LogP contribution in [0.1, 0.15) is 5.56 Å². The fourth-order valence-corrected chi connectivity index (χ4v) is 1.93. The molecule has 2 atom stereocenters. The van der Waals surface area contributed by atoms with Crippen molar-refractivity contribution in [3.05, 3.63) is 30.1 Å². The molecule has 0 amide bonds. The summed E-state index contributed by atoms with van der Waals surface area (Å²) in [6, 6.07) is 3.74. The molecule has 0 bridgehead atoms. The van der Waals surface area contributed by atoms with Gasteiger partial charge in [-0.3, -0.25) is 9.88 Å². The summed E-state index contributed by atoms with van der Waals surface area (Å²) in [7, 11) is 3.59. The highest BCUT2D eigenvalue weighted by molar-refractivity contribution is 5.09. The molecule has 0 aromatic carbocycles. The summed E-state index contributed by atoms with van der Waals surface area (Å²) < 4.78 is 5.03. The Morgan fingerprint density at radius 3 is 2.67 bits per heavy atom. The van der Waals surface area contributed by atoms with E-state index in [0.29, 0.717) is 6.61 Å². The first-order valence-corrected chi connectivity index (χ1v) is 6.13. The minimum atomic E-state index is -0.178. The molecule has 5 heteroatoms. The van der Waals surface area contributed by atoms with Gasteiger partial charge in [-0.1, -0.05) is 0 Å². The molecule has 2 unspecified atom stereocenters. The average Bonchev–Trinajstić information content (AvgIpc) is 2.39. The molecule has 0 aliphatic heterocycles. The lowest BCUT2D eigenvalue weighted by Gasteiger charge is -2.30. The first-order chi connectivity index (χ1) is 8.69. The van der Waals surface area contributed by atoms with Gasteiger partial charge in [-0.2, -0.15) is 0 Å². The maximum Gasteiger partial charge on any atom is 0.0629 e. The summed E-state index contributed by atoms with van der Waals surface area (Å²) in [6.07, 6.45) is 4.49. The van der Waals surface area contributed by atoms with E-state index in [4.69, 9.17) is 10.5 Å². The first-order valence-electron chi connectivity index (χ1n) is 6.13. The van der Waals surface area contributed by atoms with Crippen LogP contribution in [0.4, 0.5) is 0 Å². The maximum atomic E-state index is 9.40. The fraction of sp³-hybridized carbons (Fsp3) is 0.615. The van der Waals surface area contributed by atoms with Crippen LogP contribution in [0.15, 0.2) is 24.5 Å². The Kier molecular flexibility index (Phi) is 6.82. The third kappa shape index (κ3) is 4.70. The van der Waals surface area contributed by atoms with Crippen molar-refractivity contribution in [3.63, 3.8) is 0 Å². The van der Waals surface area contributed by atoms with Crippen LogP contribution in [0, 0.1) is 0 Å². The van der Waals surface area contributed by atoms with Gasteiger partial charge >= 0.3 is 0 Å². The summed E-state index contributed by atoms with van der Waals surface area (Å²) in [5, 5.41) is 9.40. The summed E-state index contributed by atoms with van der Waals surface area (Å²) >= 11 is 0. The van der Waals surface area contributed by atoms with Crippen molar-refractivity contribution in [2.24, 2.45) is 5.73 Å². The molecule has 0 aliphatic rings. The maximum absolute atomic E-state index is 9.40. The van der Waals surface area contributed by atoms with Crippen molar-refractivity contribution in [2.45, 2.75) is 18.5 Å². The minimum absolute atomic E-state index is 0.0391. The normalized spacial score (nSPS) is 14.7. The van der Waals surface area contributed by atoms with Crippen LogP contribution in [-0.2, 0) is 11.2 Å². The smallest absolute Gasteiger partial charge is 0.0629 e. The highest BCUT2D eigenvalue weighted by Crippen LogP contribution is 2.04. The number of pyridine rings is 1. The fourth-order valence-electron chi connectivity index (χ4n) is 1.93. The number of nitrogens with two attached hydrogens (primary N) is 1. The third-order valence-corrected chi connectivity index (χ3v) is 3.11. The molecule has 0 saturated carbocycles. The molecular formula is C13H23N3O2. The first kappa shape index (κ1) is 15.0. The van der Waals surface area contributed by atoms with Gasteiger partial charge in [0.2, 0.25) is 0 Å². The molecule has 1 aromatic heterocycles. The van der Waals surface area contributed by atoms with Crippen molar-refractivity contribution in [1.29, 1.82) is 0 Å². The van der Waals surface area contributed by atoms with E-state index in [2.05, 4.69) is 9.88 Å². The Bertz CT molecular complexity index is 321. The lowest BCUT2D eigenvalue weighted by Crippen LogP contribution is -2.51. The highest BCUT2D eigenvalue weighted by atomic mass is 16.5. The number of hydrogen-bond donors (Lipinski definition) is 2. The standard InChI is InChI=1S/C13H23N3O2/c1-16(13(9-17)12(14)10-18-2)8-5-11-3-6-15-7-4-11/h3-4,6-7,12-13,17H,5,8-10,14H2,1-2H3. The molecule has 102 valence electrons. The highest BCUT2D eigenvalue weighted by Gasteiger charge is 2.21. The van der Waals surface area contributed by atoms with Crippen LogP contribution in [-0.4, -0.2) is 61.0 Å². The number of aliphatic hydroxyl groups excluding tert-OH is 1. The molecule has 1 aromatic rings. The van der Waals surface area contributed by atoms with Crippen LogP contribution in [0.3, 0.4) is 0 Å². The van der Waals surface area contributed by atoms with Gasteiger partial charge in [0, 0.05) is 38.1 Å². The van der Waals surface area contributed by atoms with Crippen LogP contribution in [0.5, 0.6) is 0 Å². The van der Waals surface area contributed by atoms with Gasteiger partial charge in [0.15, 0.2) is 0 Å². The van der Waals surface area contributed by atoms with Crippen molar-refractivity contribution in [1.82, 2.24) is 9.88 Å². The van der Waals surface area contributed by atoms with Crippen molar-refractivity contribution < 1.29 is 9.84 Å². The second-order valence-corrected chi connectivity index (χ2v) is 4.46. The molecule has 0 fully saturated rings. The van der Waals surface area contributed by atoms with Gasteiger partial charge in [0.05, 0.1) is 13.2 Å². The van der Waals surface area contributed by atoms with E-state index in [1.54, 1.807) is 19.5 Å². The van der Waals surface area contributed by atoms with Gasteiger partial charge in [-0.05, 0) is 31.2 Å². The summed E-state index contributed by atoms with van der Waals surface area (Å²) in [5.41, 5.74) is 7.20. The third-order valence-electron chi connectivity index (χ3n) is 3.11. The van der Waals surface area contributed by atoms with Gasteiger partial charge in [-0.15, -0.1) is 0 Å². The van der Waals surface area contributed by atoms with E-state index in [9.17, 15) is 5.11 Å². The van der Waals surface area contributed by atoms with Crippen LogP contribution in [0.25, 0.3) is 0 Å². The lowest BCUT2D eigenvalue weighted by molar-refractivity contribution is 0.0860. The Morgan fingerprint density at radius 1 is 1.44 bits per heavy atom. The topological polar surface area (TPSA) is 71.6 Å². The summed E-state index contributed by atoms with van der Waals surface area (Å²) in [4.78, 5) is 6.06. The Morgan fingerprint density at radius 2 is 2.11 bits per heavy atom. The van der Waals surface area contributed by atoms with E-state index in [1.807, 2.05) is 19.2 Å². The van der Waals surface area contributed by atoms with Gasteiger partial charge in [-0.25, -0.2) is 0 Å². The Hall–Kier alpha value is -1.01. The number of likely N-dealkylation sites (N-methyl/N-ethyl adjacent to an activating group) is 1. The number of rotatable bonds is 8. The lowest BCUT2D eigenvalue weighted by atomic mass is 10.1. The number of aromatic nitrogens is 1. The zero-order valence-corrected chi connectivity index (χ0v) is 11.1. The van der Waals surface area contributed by atoms with Crippen LogP contribution < -0.4 is 5.73 Å². The van der Waals surface area contributed by atoms with E-state index >= 15 is 0 Å². The monoisotopic (exact) mass is 253 g/mol. The second-order valence-electron chi connectivity index (χ2n) is 4.46. The van der Waals surface area contributed by atoms with Gasteiger partial charge < -0.3 is 15.6 Å². The summed E-state index contributed by atoms with van der Waals surface area (Å²) in [5.74, 6) is 0. The van der Waals surface area contributed by atoms with E-state index in [1.165, 1.54) is 5.56 Å². The molecule has 18 heavy (non-hydrogen) atoms. The SMILES string of the molecule is COCC(N)C(CO)N(C)CCc1ccncc1. The average molecular weight is 253 g/mol. The van der Waals surface area contributed by atoms with Gasteiger partial charge in [0.25, 0.3) is 0 Å². The zero-order valence-electron chi connectivity index (χ0n) is 11.1. The molecule has 1 heterocycles. The van der Waals surface area contributed by atoms with Crippen molar-refractivity contribution in [2.75, 3.05) is 33.9 Å². The molecule has 5 nitrogen and oxygen atoms in total. The summed E-state index contributed by atoms with van der Waals surface area (Å²) in [6.45, 7) is 1.33. The zero-order chi connectivity index (χ0) is 13.4. The predicted octanol–water partition coefficient (Wildman–Crippen LogP) is -0.109. The molecule has 0 spiro atoms. The second kappa shape index (κ2) is 8.16. The van der Waals surface area contributed by atoms with Crippen molar-refractivity contribution >= 4 is 0 Å². The molecule has 0 radical (unpaired) electrons. The molecule has 0 aliphatic carbocycles. The van der Waals surface area contributed by atoms with Gasteiger partial charge in [0.1, 0.15) is 0 Å². The quantitative estimate of drug-likeness (QED) is 0.676. The molecule has 3 N–H and O–H groups in total. The van der Waals surface area contributed by atoms with E-state index in [-0.39, 0.29) is 18.7 Å². The van der Waals surface area contributed by atoms with E-state index in [0.717, 1.165) is 13.0 Å². The number of hydrogen-bond acceptors (Lipinski definition) is 5. The molecule has 0 saturated heterocycles. The van der Waals surface area contributed by atoms with Crippen LogP contribution in [0.2, 0.25) is 0 Å². The molecule has 1 rings (SSSR count). The number of aliphatic hydroxyl groups is 1. The van der Waals surface area contributed by atoms with E-state index < -0.39 is 0 Å². The predicted molar refractivity (Wildman–Crippen MR) is 71.3 cm³/mol. The number of methoxy groups -OCH3 is 1. The Balaban J connectivity index is 2.44. The number of nitrogens with zero attached hydrogens (tertiary/aromatic N) is 2. The Labute approximate surface area is 109 Å². The van der Waals surface area contributed by atoms with Crippen LogP contribution >= 0.6 is 0 Å². The number of ether oxygens (including phenoxy) is 1. The molecular weight excluding hydrogens is 230 g/mol. The minimum Gasteiger partial charge on any atom is -0.395 e. The van der Waals surface area contributed by atoms with Crippen molar-refractivity contribution in [3.8, 4) is 0 Å². The largest absolute Gasteiger partial charge is 0.395 e.